The van der Waals surface area contributed by atoms with Crippen LogP contribution in [0.5, 0.6) is 0 Å². The van der Waals surface area contributed by atoms with Crippen molar-refractivity contribution < 1.29 is 19.1 Å². The molecule has 2 N–H and O–H groups in total. The van der Waals surface area contributed by atoms with E-state index in [0.29, 0.717) is 17.5 Å². The number of amides is 3. The molecular formula is C19H19FN2O3. The van der Waals surface area contributed by atoms with Crippen LogP contribution in [0.25, 0.3) is 0 Å². The summed E-state index contributed by atoms with van der Waals surface area (Å²) in [5.41, 5.74) is -0.0911. The minimum Gasteiger partial charge on any atom is -0.387 e. The smallest absolute Gasteiger partial charge is 0.325 e. The minimum absolute atomic E-state index is 0.141. The van der Waals surface area contributed by atoms with Crippen LogP contribution in [0, 0.1) is 5.82 Å². The van der Waals surface area contributed by atoms with E-state index < -0.39 is 29.4 Å². The van der Waals surface area contributed by atoms with Gasteiger partial charge in [0.25, 0.3) is 5.91 Å². The molecule has 0 aliphatic carbocycles. The molecule has 2 atom stereocenters. The highest BCUT2D eigenvalue weighted by Gasteiger charge is 2.51. The van der Waals surface area contributed by atoms with Crippen molar-refractivity contribution in [3.05, 3.63) is 71.5 Å². The fourth-order valence-corrected chi connectivity index (χ4v) is 3.12. The van der Waals surface area contributed by atoms with E-state index in [4.69, 9.17) is 0 Å². The number of rotatable bonds is 5. The van der Waals surface area contributed by atoms with Gasteiger partial charge in [-0.1, -0.05) is 49.4 Å². The molecule has 1 aliphatic heterocycles. The van der Waals surface area contributed by atoms with E-state index >= 15 is 0 Å². The van der Waals surface area contributed by atoms with E-state index in [1.807, 2.05) is 6.07 Å². The van der Waals surface area contributed by atoms with E-state index in [2.05, 4.69) is 5.32 Å². The number of imide groups is 1. The second-order valence-corrected chi connectivity index (χ2v) is 6.04. The number of hydrogen-bond donors (Lipinski definition) is 2. The summed E-state index contributed by atoms with van der Waals surface area (Å²) < 4.78 is 13.2. The molecule has 25 heavy (non-hydrogen) atoms. The molecule has 2 aromatic rings. The summed E-state index contributed by atoms with van der Waals surface area (Å²) in [6.07, 6.45) is -0.655. The number of urea groups is 1. The van der Waals surface area contributed by atoms with Crippen molar-refractivity contribution in [2.24, 2.45) is 0 Å². The number of β-amino-alcohol motifs (C(OH)–C–C–N with tert-alkyl or cyclic N) is 1. The van der Waals surface area contributed by atoms with Crippen molar-refractivity contribution in [2.75, 3.05) is 6.54 Å². The van der Waals surface area contributed by atoms with Gasteiger partial charge in [-0.15, -0.1) is 0 Å². The number of aliphatic hydroxyl groups is 1. The predicted molar refractivity (Wildman–Crippen MR) is 90.0 cm³/mol. The Hall–Kier alpha value is -2.73. The highest BCUT2D eigenvalue weighted by Crippen LogP contribution is 2.33. The first-order valence-corrected chi connectivity index (χ1v) is 8.11. The predicted octanol–water partition coefficient (Wildman–Crippen LogP) is 2.72. The first-order valence-electron chi connectivity index (χ1n) is 8.11. The molecule has 0 unspecified atom stereocenters. The number of carbonyl (C=O) groups is 2. The maximum Gasteiger partial charge on any atom is 0.325 e. The molecule has 2 aromatic carbocycles. The molecule has 1 saturated heterocycles. The van der Waals surface area contributed by atoms with Gasteiger partial charge < -0.3 is 10.4 Å². The van der Waals surface area contributed by atoms with E-state index in [1.54, 1.807) is 31.2 Å². The van der Waals surface area contributed by atoms with Crippen LogP contribution in [0.3, 0.4) is 0 Å². The summed E-state index contributed by atoms with van der Waals surface area (Å²) in [7, 11) is 0. The average molecular weight is 342 g/mol. The Balaban J connectivity index is 1.87. The van der Waals surface area contributed by atoms with Crippen molar-refractivity contribution in [3.8, 4) is 0 Å². The quantitative estimate of drug-likeness (QED) is 0.821. The van der Waals surface area contributed by atoms with Gasteiger partial charge in [0.05, 0.1) is 12.6 Å². The van der Waals surface area contributed by atoms with Crippen LogP contribution in [-0.4, -0.2) is 28.5 Å². The Bertz CT molecular complexity index is 779. The van der Waals surface area contributed by atoms with Crippen LogP contribution < -0.4 is 5.32 Å². The highest BCUT2D eigenvalue weighted by molar-refractivity contribution is 6.07. The number of aliphatic hydroxyl groups excluding tert-OH is 1. The Morgan fingerprint density at radius 3 is 2.36 bits per heavy atom. The van der Waals surface area contributed by atoms with E-state index in [0.717, 1.165) is 4.90 Å². The van der Waals surface area contributed by atoms with Gasteiger partial charge in [0.1, 0.15) is 11.4 Å². The summed E-state index contributed by atoms with van der Waals surface area (Å²) in [5, 5.41) is 13.1. The number of hydrogen-bond acceptors (Lipinski definition) is 3. The molecule has 1 aliphatic rings. The number of nitrogens with zero attached hydrogens (tertiary/aromatic N) is 1. The van der Waals surface area contributed by atoms with Crippen LogP contribution >= 0.6 is 0 Å². The van der Waals surface area contributed by atoms with Crippen LogP contribution in [0.2, 0.25) is 0 Å². The third kappa shape index (κ3) is 3.00. The molecule has 0 spiro atoms. The fourth-order valence-electron chi connectivity index (χ4n) is 3.12. The van der Waals surface area contributed by atoms with Crippen LogP contribution in [0.4, 0.5) is 9.18 Å². The topological polar surface area (TPSA) is 69.6 Å². The third-order valence-corrected chi connectivity index (χ3v) is 4.58. The number of carbonyl (C=O) groups excluding carboxylic acids is 2. The number of nitrogens with one attached hydrogen (secondary N) is 1. The molecule has 3 rings (SSSR count). The molecule has 1 heterocycles. The molecular weight excluding hydrogens is 323 g/mol. The van der Waals surface area contributed by atoms with Crippen molar-refractivity contribution in [3.63, 3.8) is 0 Å². The maximum atomic E-state index is 13.2. The standard InChI is InChI=1S/C19H19FN2O3/c1-2-19(14-8-10-15(20)11-9-14)17(24)22(18(25)21-19)12-16(23)13-6-4-3-5-7-13/h3-11,16,23H,2,12H2,1H3,(H,21,25)/t16-,19+/m1/s1. The number of benzene rings is 2. The molecule has 1 fully saturated rings. The Morgan fingerprint density at radius 1 is 1.12 bits per heavy atom. The molecule has 5 nitrogen and oxygen atoms in total. The van der Waals surface area contributed by atoms with E-state index in [9.17, 15) is 19.1 Å². The fraction of sp³-hybridized carbons (Fsp3) is 0.263. The van der Waals surface area contributed by atoms with Crippen molar-refractivity contribution in [1.29, 1.82) is 0 Å². The zero-order valence-corrected chi connectivity index (χ0v) is 13.8. The lowest BCUT2D eigenvalue weighted by molar-refractivity contribution is -0.132. The largest absolute Gasteiger partial charge is 0.387 e. The van der Waals surface area contributed by atoms with Gasteiger partial charge in [0.15, 0.2) is 0 Å². The number of halogens is 1. The third-order valence-electron chi connectivity index (χ3n) is 4.58. The van der Waals surface area contributed by atoms with Gasteiger partial charge in [-0.3, -0.25) is 9.69 Å². The lowest BCUT2D eigenvalue weighted by atomic mass is 9.87. The second kappa shape index (κ2) is 6.64. The van der Waals surface area contributed by atoms with Gasteiger partial charge in [0, 0.05) is 0 Å². The maximum absolute atomic E-state index is 13.2. The van der Waals surface area contributed by atoms with E-state index in [1.165, 1.54) is 24.3 Å². The average Bonchev–Trinajstić information content (AvgIpc) is 2.88. The van der Waals surface area contributed by atoms with Crippen LogP contribution in [0.1, 0.15) is 30.6 Å². The second-order valence-electron chi connectivity index (χ2n) is 6.04. The molecule has 0 saturated carbocycles. The zero-order valence-electron chi connectivity index (χ0n) is 13.8. The van der Waals surface area contributed by atoms with Crippen molar-refractivity contribution >= 4 is 11.9 Å². The summed E-state index contributed by atoms with van der Waals surface area (Å²) >= 11 is 0. The van der Waals surface area contributed by atoms with Gasteiger partial charge in [-0.05, 0) is 29.7 Å². The van der Waals surface area contributed by atoms with Gasteiger partial charge in [0.2, 0.25) is 0 Å². The summed E-state index contributed by atoms with van der Waals surface area (Å²) in [6, 6.07) is 13.8. The highest BCUT2D eigenvalue weighted by atomic mass is 19.1. The first-order chi connectivity index (χ1) is 12.0. The van der Waals surface area contributed by atoms with E-state index in [-0.39, 0.29) is 6.54 Å². The summed E-state index contributed by atoms with van der Waals surface area (Å²) in [5.74, 6) is -0.857. The Kier molecular flexibility index (Phi) is 4.55. The van der Waals surface area contributed by atoms with Crippen molar-refractivity contribution in [2.45, 2.75) is 25.0 Å². The molecule has 0 aromatic heterocycles. The van der Waals surface area contributed by atoms with Gasteiger partial charge >= 0.3 is 6.03 Å². The lowest BCUT2D eigenvalue weighted by Gasteiger charge is -2.26. The molecule has 6 heteroatoms. The Labute approximate surface area is 145 Å². The Morgan fingerprint density at radius 2 is 1.76 bits per heavy atom. The van der Waals surface area contributed by atoms with Gasteiger partial charge in [-0.2, -0.15) is 0 Å². The van der Waals surface area contributed by atoms with Crippen LogP contribution in [0.15, 0.2) is 54.6 Å². The monoisotopic (exact) mass is 342 g/mol. The van der Waals surface area contributed by atoms with Crippen LogP contribution in [-0.2, 0) is 10.3 Å². The van der Waals surface area contributed by atoms with Crippen molar-refractivity contribution in [1.82, 2.24) is 10.2 Å². The minimum atomic E-state index is -1.23. The lowest BCUT2D eigenvalue weighted by Crippen LogP contribution is -2.43. The molecule has 130 valence electrons. The molecule has 0 bridgehead atoms. The molecule has 0 radical (unpaired) electrons. The molecule has 3 amide bonds. The SMILES string of the molecule is CC[C@@]1(c2ccc(F)cc2)NC(=O)N(C[C@@H](O)c2ccccc2)C1=O. The normalized spacial score (nSPS) is 21.3. The first kappa shape index (κ1) is 17.1. The zero-order chi connectivity index (χ0) is 18.0. The summed E-state index contributed by atoms with van der Waals surface area (Å²) in [6.45, 7) is 1.64. The van der Waals surface area contributed by atoms with Gasteiger partial charge in [-0.25, -0.2) is 9.18 Å². The summed E-state index contributed by atoms with van der Waals surface area (Å²) in [4.78, 5) is 26.4.